The van der Waals surface area contributed by atoms with E-state index < -0.39 is 0 Å². The van der Waals surface area contributed by atoms with Crippen LogP contribution in [-0.4, -0.2) is 15.6 Å². The number of allylic oxidation sites excluding steroid dienone is 2. The van der Waals surface area contributed by atoms with Gasteiger partial charge in [-0.05, 0) is 46.5 Å². The molecule has 0 N–H and O–H groups in total. The molecule has 2 atom stereocenters. The fourth-order valence-corrected chi connectivity index (χ4v) is 8.23. The third-order valence-corrected chi connectivity index (χ3v) is 10.6. The number of aromatic nitrogens is 2. The molecule has 10 rings (SSSR count). The minimum absolute atomic E-state index is 0.122. The molecule has 0 radical (unpaired) electrons. The van der Waals surface area contributed by atoms with Gasteiger partial charge in [0.15, 0.2) is 5.82 Å². The highest BCUT2D eigenvalue weighted by Gasteiger charge is 2.40. The first-order valence-corrected chi connectivity index (χ1v) is 17.7. The molecule has 52 heavy (non-hydrogen) atoms. The average Bonchev–Trinajstić information content (AvgIpc) is 3.74. The number of para-hydroxylation sites is 2. The molecule has 6 aromatic carbocycles. The van der Waals surface area contributed by atoms with Crippen molar-refractivity contribution in [3.63, 3.8) is 0 Å². The first-order chi connectivity index (χ1) is 25.8. The Kier molecular flexibility index (Phi) is 6.97. The van der Waals surface area contributed by atoms with Crippen LogP contribution in [0.4, 0.5) is 11.4 Å². The van der Waals surface area contributed by atoms with Crippen LogP contribution >= 0.6 is 0 Å². The van der Waals surface area contributed by atoms with E-state index in [1.807, 2.05) is 24.3 Å². The summed E-state index contributed by atoms with van der Waals surface area (Å²) in [6.45, 7) is 0. The molecule has 0 bridgehead atoms. The minimum atomic E-state index is 0.122. The first kappa shape index (κ1) is 29.9. The van der Waals surface area contributed by atoms with E-state index >= 15 is 0 Å². The van der Waals surface area contributed by atoms with Gasteiger partial charge in [-0.2, -0.15) is 5.26 Å². The Morgan fingerprint density at radius 2 is 1.21 bits per heavy atom. The highest BCUT2D eigenvalue weighted by Crippen LogP contribution is 2.53. The van der Waals surface area contributed by atoms with Gasteiger partial charge in [-0.1, -0.05) is 158 Å². The molecule has 4 nitrogen and oxygen atoms in total. The number of benzene rings is 6. The molecule has 8 aromatic rings. The molecular weight excluding hydrogens is 633 g/mol. The fraction of sp³-hybridized carbons (Fsp3) is 0.0417. The smallest absolute Gasteiger partial charge is 0.157 e. The van der Waals surface area contributed by atoms with E-state index in [0.717, 1.165) is 61.1 Å². The topological polar surface area (TPSA) is 44.9 Å². The van der Waals surface area contributed by atoms with Crippen LogP contribution in [0.1, 0.15) is 17.0 Å². The largest absolute Gasteiger partial charge is 0.332 e. The monoisotopic (exact) mass is 664 g/mol. The zero-order chi connectivity index (χ0) is 34.6. The molecule has 2 unspecified atom stereocenters. The molecular formula is C48H32N4. The fourth-order valence-electron chi connectivity index (χ4n) is 8.23. The zero-order valence-electron chi connectivity index (χ0n) is 28.3. The number of rotatable bonds is 5. The average molecular weight is 665 g/mol. The summed E-state index contributed by atoms with van der Waals surface area (Å²) < 4.78 is 2.26. The van der Waals surface area contributed by atoms with E-state index in [0.29, 0.717) is 11.4 Å². The highest BCUT2D eigenvalue weighted by atomic mass is 15.2. The van der Waals surface area contributed by atoms with Gasteiger partial charge in [0.05, 0.1) is 28.5 Å². The summed E-state index contributed by atoms with van der Waals surface area (Å²) in [5.74, 6) is 0.813. The predicted octanol–water partition coefficient (Wildman–Crippen LogP) is 11.8. The number of anilines is 2. The summed E-state index contributed by atoms with van der Waals surface area (Å²) in [4.78, 5) is 7.93. The molecule has 1 aliphatic heterocycles. The SMILES string of the molecule is N#Cc1c(-c2ccccc2)cc(-c2ccc(-c3ccccc3)cc2)nc1-n1c2ccccc2c2ccc3c(c21)N(c1ccccc1)C1C=CC=CC31. The summed E-state index contributed by atoms with van der Waals surface area (Å²) in [6.07, 6.45) is 8.94. The van der Waals surface area contributed by atoms with Crippen molar-refractivity contribution in [1.82, 2.24) is 9.55 Å². The van der Waals surface area contributed by atoms with Crippen LogP contribution in [0, 0.1) is 11.3 Å². The van der Waals surface area contributed by atoms with E-state index in [2.05, 4.69) is 173 Å². The lowest BCUT2D eigenvalue weighted by Crippen LogP contribution is -2.28. The van der Waals surface area contributed by atoms with Gasteiger partial charge in [0.2, 0.25) is 0 Å². The Balaban J connectivity index is 1.30. The number of pyridine rings is 1. The molecule has 0 amide bonds. The number of nitrogens with zero attached hydrogens (tertiary/aromatic N) is 4. The van der Waals surface area contributed by atoms with Crippen LogP contribution in [0.5, 0.6) is 0 Å². The van der Waals surface area contributed by atoms with Crippen molar-refractivity contribution in [1.29, 1.82) is 5.26 Å². The maximum Gasteiger partial charge on any atom is 0.157 e. The minimum Gasteiger partial charge on any atom is -0.332 e. The predicted molar refractivity (Wildman–Crippen MR) is 213 cm³/mol. The van der Waals surface area contributed by atoms with Crippen LogP contribution in [-0.2, 0) is 0 Å². The number of fused-ring (bicyclic) bond motifs is 7. The van der Waals surface area contributed by atoms with Crippen molar-refractivity contribution in [2.75, 3.05) is 4.90 Å². The van der Waals surface area contributed by atoms with E-state index in [4.69, 9.17) is 4.98 Å². The van der Waals surface area contributed by atoms with Gasteiger partial charge >= 0.3 is 0 Å². The molecule has 2 aliphatic rings. The van der Waals surface area contributed by atoms with Gasteiger partial charge in [-0.15, -0.1) is 0 Å². The number of nitriles is 1. The standard InChI is InChI=1S/C48H32N4/c49-31-42-41(34-16-6-2-7-17-34)30-43(35-26-24-33(25-27-35)32-14-4-1-5-15-32)50-48(42)52-45-23-13-11-21-38(45)40-29-28-39-37-20-10-12-22-44(37)51(46(39)47(40)52)36-18-8-3-9-19-36/h1-30,37,44H. The maximum atomic E-state index is 11.1. The molecule has 0 saturated carbocycles. The molecule has 0 fully saturated rings. The second kappa shape index (κ2) is 12.1. The first-order valence-electron chi connectivity index (χ1n) is 17.7. The molecule has 2 aromatic heterocycles. The van der Waals surface area contributed by atoms with Crippen LogP contribution in [0.25, 0.3) is 61.1 Å². The molecule has 0 saturated heterocycles. The van der Waals surface area contributed by atoms with Crippen LogP contribution in [0.15, 0.2) is 182 Å². The Morgan fingerprint density at radius 3 is 1.96 bits per heavy atom. The molecule has 244 valence electrons. The quantitative estimate of drug-likeness (QED) is 0.184. The van der Waals surface area contributed by atoms with Gasteiger partial charge < -0.3 is 4.90 Å². The van der Waals surface area contributed by atoms with Crippen LogP contribution in [0.3, 0.4) is 0 Å². The van der Waals surface area contributed by atoms with E-state index in [-0.39, 0.29) is 12.0 Å². The van der Waals surface area contributed by atoms with Gasteiger partial charge in [0.25, 0.3) is 0 Å². The summed E-state index contributed by atoms with van der Waals surface area (Å²) in [7, 11) is 0. The Morgan fingerprint density at radius 1 is 0.577 bits per heavy atom. The van der Waals surface area contributed by atoms with Crippen molar-refractivity contribution in [3.8, 4) is 45.4 Å². The van der Waals surface area contributed by atoms with Crippen molar-refractivity contribution in [3.05, 3.63) is 193 Å². The molecule has 0 spiro atoms. The number of hydrogen-bond acceptors (Lipinski definition) is 3. The highest BCUT2D eigenvalue weighted by molar-refractivity contribution is 6.15. The third kappa shape index (κ3) is 4.64. The second-order valence-corrected chi connectivity index (χ2v) is 13.4. The lowest BCUT2D eigenvalue weighted by atomic mass is 9.91. The van der Waals surface area contributed by atoms with Gasteiger partial charge in [0.1, 0.15) is 11.6 Å². The van der Waals surface area contributed by atoms with Crippen molar-refractivity contribution in [2.24, 2.45) is 0 Å². The normalized spacial score (nSPS) is 15.9. The van der Waals surface area contributed by atoms with Gasteiger partial charge in [-0.3, -0.25) is 4.57 Å². The Hall–Kier alpha value is -6.96. The molecule has 3 heterocycles. The van der Waals surface area contributed by atoms with Gasteiger partial charge in [-0.25, -0.2) is 4.98 Å². The second-order valence-electron chi connectivity index (χ2n) is 13.4. The lowest BCUT2D eigenvalue weighted by Gasteiger charge is -2.29. The Labute approximate surface area is 302 Å². The summed E-state index contributed by atoms with van der Waals surface area (Å²) in [5.41, 5.74) is 12.1. The third-order valence-electron chi connectivity index (χ3n) is 10.6. The Bertz CT molecular complexity index is 2740. The summed E-state index contributed by atoms with van der Waals surface area (Å²) >= 11 is 0. The molecule has 4 heteroatoms. The van der Waals surface area contributed by atoms with Crippen molar-refractivity contribution < 1.29 is 0 Å². The van der Waals surface area contributed by atoms with Crippen molar-refractivity contribution >= 4 is 33.2 Å². The zero-order valence-corrected chi connectivity index (χ0v) is 28.3. The van der Waals surface area contributed by atoms with E-state index in [9.17, 15) is 5.26 Å². The van der Waals surface area contributed by atoms with Crippen LogP contribution < -0.4 is 4.90 Å². The maximum absolute atomic E-state index is 11.1. The van der Waals surface area contributed by atoms with Gasteiger partial charge in [0, 0.05) is 33.5 Å². The van der Waals surface area contributed by atoms with Crippen LogP contribution in [0.2, 0.25) is 0 Å². The summed E-state index contributed by atoms with van der Waals surface area (Å²) in [6, 6.07) is 57.8. The van der Waals surface area contributed by atoms with E-state index in [1.165, 1.54) is 11.1 Å². The van der Waals surface area contributed by atoms with Crippen molar-refractivity contribution in [2.45, 2.75) is 12.0 Å². The lowest BCUT2D eigenvalue weighted by molar-refractivity contribution is 0.745. The molecule has 1 aliphatic carbocycles. The van der Waals surface area contributed by atoms with E-state index in [1.54, 1.807) is 0 Å². The summed E-state index contributed by atoms with van der Waals surface area (Å²) in [5, 5.41) is 13.3. The number of hydrogen-bond donors (Lipinski definition) is 0.